The SMILES string of the molecule is COc1ccc(C(C)(c2ccc(C)cc2)c2ccc(CO)cc2)cc1. The fourth-order valence-electron chi connectivity index (χ4n) is 3.25. The summed E-state index contributed by atoms with van der Waals surface area (Å²) in [5, 5.41) is 9.34. The van der Waals surface area contributed by atoms with Gasteiger partial charge in [-0.25, -0.2) is 0 Å². The third-order valence-electron chi connectivity index (χ3n) is 5.01. The van der Waals surface area contributed by atoms with Gasteiger partial charge in [0.05, 0.1) is 13.7 Å². The molecule has 2 heteroatoms. The highest BCUT2D eigenvalue weighted by molar-refractivity contribution is 5.51. The Morgan fingerprint density at radius 2 is 1.20 bits per heavy atom. The van der Waals surface area contributed by atoms with Crippen LogP contribution in [0.15, 0.2) is 72.8 Å². The van der Waals surface area contributed by atoms with E-state index in [-0.39, 0.29) is 12.0 Å². The van der Waals surface area contributed by atoms with Crippen LogP contribution in [-0.4, -0.2) is 12.2 Å². The topological polar surface area (TPSA) is 29.5 Å². The summed E-state index contributed by atoms with van der Waals surface area (Å²) >= 11 is 0. The molecule has 0 heterocycles. The fourth-order valence-corrected chi connectivity index (χ4v) is 3.25. The summed E-state index contributed by atoms with van der Waals surface area (Å²) in [7, 11) is 1.68. The Morgan fingerprint density at radius 3 is 1.64 bits per heavy atom. The zero-order chi connectivity index (χ0) is 17.9. The van der Waals surface area contributed by atoms with Gasteiger partial charge in [-0.2, -0.15) is 0 Å². The van der Waals surface area contributed by atoms with E-state index < -0.39 is 0 Å². The van der Waals surface area contributed by atoms with Crippen molar-refractivity contribution in [2.75, 3.05) is 7.11 Å². The van der Waals surface area contributed by atoms with Gasteiger partial charge in [0.2, 0.25) is 0 Å². The van der Waals surface area contributed by atoms with Gasteiger partial charge in [-0.3, -0.25) is 0 Å². The van der Waals surface area contributed by atoms with Crippen LogP contribution in [0.5, 0.6) is 5.75 Å². The normalized spacial score (nSPS) is 13.3. The Balaban J connectivity index is 2.16. The third-order valence-corrected chi connectivity index (χ3v) is 5.01. The number of aliphatic hydroxyl groups is 1. The quantitative estimate of drug-likeness (QED) is 0.677. The zero-order valence-electron chi connectivity index (χ0n) is 15.0. The molecule has 2 nitrogen and oxygen atoms in total. The van der Waals surface area contributed by atoms with E-state index in [9.17, 15) is 5.11 Å². The van der Waals surface area contributed by atoms with Crippen molar-refractivity contribution in [1.82, 2.24) is 0 Å². The number of rotatable bonds is 5. The number of ether oxygens (including phenoxy) is 1. The van der Waals surface area contributed by atoms with Crippen LogP contribution < -0.4 is 4.74 Å². The molecule has 0 amide bonds. The summed E-state index contributed by atoms with van der Waals surface area (Å²) in [5.41, 5.74) is 5.52. The van der Waals surface area contributed by atoms with Crippen molar-refractivity contribution in [2.24, 2.45) is 0 Å². The number of aryl methyl sites for hydroxylation is 1. The molecule has 3 aromatic carbocycles. The summed E-state index contributed by atoms with van der Waals surface area (Å²) in [6.07, 6.45) is 0. The minimum atomic E-state index is -0.284. The van der Waals surface area contributed by atoms with Crippen molar-refractivity contribution < 1.29 is 9.84 Å². The molecular weight excluding hydrogens is 308 g/mol. The van der Waals surface area contributed by atoms with Gasteiger partial charge in [-0.15, -0.1) is 0 Å². The number of hydrogen-bond acceptors (Lipinski definition) is 2. The van der Waals surface area contributed by atoms with Gasteiger partial charge in [0.1, 0.15) is 5.75 Å². The number of benzene rings is 3. The van der Waals surface area contributed by atoms with E-state index in [0.29, 0.717) is 0 Å². The fraction of sp³-hybridized carbons (Fsp3) is 0.217. The van der Waals surface area contributed by atoms with Gasteiger partial charge in [-0.05, 0) is 48.2 Å². The molecule has 0 aliphatic heterocycles. The first-order valence-corrected chi connectivity index (χ1v) is 8.50. The van der Waals surface area contributed by atoms with Crippen LogP contribution >= 0.6 is 0 Å². The van der Waals surface area contributed by atoms with E-state index in [1.54, 1.807) is 7.11 Å². The highest BCUT2D eigenvalue weighted by atomic mass is 16.5. The average Bonchev–Trinajstić information content (AvgIpc) is 2.68. The first-order valence-electron chi connectivity index (χ1n) is 8.50. The molecule has 1 atom stereocenters. The van der Waals surface area contributed by atoms with Gasteiger partial charge < -0.3 is 9.84 Å². The van der Waals surface area contributed by atoms with Crippen molar-refractivity contribution >= 4 is 0 Å². The summed E-state index contributed by atoms with van der Waals surface area (Å²) in [6, 6.07) is 25.1. The molecule has 1 unspecified atom stereocenters. The van der Waals surface area contributed by atoms with E-state index in [4.69, 9.17) is 4.74 Å². The zero-order valence-corrected chi connectivity index (χ0v) is 15.0. The Morgan fingerprint density at radius 1 is 0.760 bits per heavy atom. The van der Waals surface area contributed by atoms with Crippen LogP contribution in [0.1, 0.15) is 34.7 Å². The summed E-state index contributed by atoms with van der Waals surface area (Å²) in [5.74, 6) is 0.852. The summed E-state index contributed by atoms with van der Waals surface area (Å²) in [4.78, 5) is 0. The van der Waals surface area contributed by atoms with Crippen molar-refractivity contribution in [1.29, 1.82) is 0 Å². The van der Waals surface area contributed by atoms with E-state index in [0.717, 1.165) is 11.3 Å². The Labute approximate surface area is 149 Å². The van der Waals surface area contributed by atoms with Crippen molar-refractivity contribution in [3.63, 3.8) is 0 Å². The highest BCUT2D eigenvalue weighted by Crippen LogP contribution is 2.39. The van der Waals surface area contributed by atoms with Gasteiger partial charge in [0.15, 0.2) is 0 Å². The summed E-state index contributed by atoms with van der Waals surface area (Å²) in [6.45, 7) is 4.40. The maximum Gasteiger partial charge on any atom is 0.118 e. The van der Waals surface area contributed by atoms with E-state index >= 15 is 0 Å². The average molecular weight is 332 g/mol. The molecule has 3 rings (SSSR count). The first kappa shape index (κ1) is 17.2. The molecule has 0 radical (unpaired) electrons. The lowest BCUT2D eigenvalue weighted by Gasteiger charge is -2.32. The van der Waals surface area contributed by atoms with E-state index in [1.165, 1.54) is 22.3 Å². The molecular formula is C23H24O2. The highest BCUT2D eigenvalue weighted by Gasteiger charge is 2.31. The smallest absolute Gasteiger partial charge is 0.118 e. The molecule has 0 saturated carbocycles. The molecule has 0 saturated heterocycles. The van der Waals surface area contributed by atoms with Crippen LogP contribution in [0.4, 0.5) is 0 Å². The minimum absolute atomic E-state index is 0.0596. The van der Waals surface area contributed by atoms with Crippen LogP contribution in [0.3, 0.4) is 0 Å². The minimum Gasteiger partial charge on any atom is -0.497 e. The molecule has 0 aliphatic rings. The van der Waals surface area contributed by atoms with Crippen LogP contribution in [-0.2, 0) is 12.0 Å². The first-order chi connectivity index (χ1) is 12.1. The van der Waals surface area contributed by atoms with Crippen LogP contribution in [0.25, 0.3) is 0 Å². The lowest BCUT2D eigenvalue weighted by atomic mass is 9.71. The van der Waals surface area contributed by atoms with Crippen molar-refractivity contribution in [2.45, 2.75) is 25.9 Å². The van der Waals surface area contributed by atoms with Gasteiger partial charge in [0.25, 0.3) is 0 Å². The van der Waals surface area contributed by atoms with Crippen molar-refractivity contribution in [3.05, 3.63) is 101 Å². The van der Waals surface area contributed by atoms with E-state index in [2.05, 4.69) is 62.4 Å². The lowest BCUT2D eigenvalue weighted by Crippen LogP contribution is -2.25. The standard InChI is InChI=1S/C23H24O2/c1-17-4-8-19(9-5-17)23(2,20-10-6-18(16-24)7-11-20)21-12-14-22(25-3)15-13-21/h4-15,24H,16H2,1-3H3. The largest absolute Gasteiger partial charge is 0.497 e. The Hall–Kier alpha value is -2.58. The van der Waals surface area contributed by atoms with Gasteiger partial charge >= 0.3 is 0 Å². The van der Waals surface area contributed by atoms with Gasteiger partial charge in [-0.1, -0.05) is 66.2 Å². The molecule has 1 N–H and O–H groups in total. The van der Waals surface area contributed by atoms with Crippen LogP contribution in [0, 0.1) is 6.92 Å². The van der Waals surface area contributed by atoms with Gasteiger partial charge in [0, 0.05) is 5.41 Å². The van der Waals surface area contributed by atoms with Crippen LogP contribution in [0.2, 0.25) is 0 Å². The molecule has 25 heavy (non-hydrogen) atoms. The second kappa shape index (κ2) is 7.12. The maximum atomic E-state index is 9.34. The predicted octanol–water partition coefficient (Wildman–Crippen LogP) is 4.85. The number of hydrogen-bond donors (Lipinski definition) is 1. The molecule has 0 bridgehead atoms. The summed E-state index contributed by atoms with van der Waals surface area (Å²) < 4.78 is 5.31. The molecule has 0 aliphatic carbocycles. The molecule has 0 spiro atoms. The predicted molar refractivity (Wildman–Crippen MR) is 102 cm³/mol. The number of methoxy groups -OCH3 is 1. The lowest BCUT2D eigenvalue weighted by molar-refractivity contribution is 0.282. The Kier molecular flexibility index (Phi) is 4.91. The number of aliphatic hydroxyl groups excluding tert-OH is 1. The molecule has 0 fully saturated rings. The monoisotopic (exact) mass is 332 g/mol. The molecule has 3 aromatic rings. The second-order valence-electron chi connectivity index (χ2n) is 6.57. The third kappa shape index (κ3) is 3.31. The second-order valence-corrected chi connectivity index (χ2v) is 6.57. The Bertz CT molecular complexity index is 768. The van der Waals surface area contributed by atoms with Crippen molar-refractivity contribution in [3.8, 4) is 5.75 Å². The molecule has 128 valence electrons. The molecule has 0 aromatic heterocycles. The van der Waals surface area contributed by atoms with E-state index in [1.807, 2.05) is 24.3 Å². The maximum absolute atomic E-state index is 9.34.